The molecule has 1 atom stereocenters. The van der Waals surface area contributed by atoms with Crippen molar-refractivity contribution in [1.82, 2.24) is 14.9 Å². The monoisotopic (exact) mass is 266 g/mol. The molecule has 0 saturated carbocycles. The van der Waals surface area contributed by atoms with Crippen LogP contribution < -0.4 is 10.5 Å². The predicted octanol–water partition coefficient (Wildman–Crippen LogP) is 1.03. The van der Waals surface area contributed by atoms with Crippen LogP contribution in [0, 0.1) is 0 Å². The quantitative estimate of drug-likeness (QED) is 0.719. The number of aromatic amines is 1. The van der Waals surface area contributed by atoms with Crippen LogP contribution in [0.25, 0.3) is 0 Å². The maximum atomic E-state index is 12.1. The Hall–Kier alpha value is -1.86. The zero-order chi connectivity index (χ0) is 13.2. The molecule has 0 spiro atoms. The van der Waals surface area contributed by atoms with E-state index in [1.165, 1.54) is 12.1 Å². The molecule has 1 aromatic carbocycles. The largest absolute Gasteiger partial charge is 0.399 e. The van der Waals surface area contributed by atoms with Gasteiger partial charge in [0.25, 0.3) is 0 Å². The van der Waals surface area contributed by atoms with Crippen molar-refractivity contribution in [2.75, 3.05) is 5.73 Å². The summed E-state index contributed by atoms with van der Waals surface area (Å²) in [6.45, 7) is 1.75. The first-order chi connectivity index (χ1) is 8.49. The molecule has 1 aromatic heterocycles. The van der Waals surface area contributed by atoms with Crippen molar-refractivity contribution in [3.8, 4) is 0 Å². The maximum absolute atomic E-state index is 12.1. The summed E-state index contributed by atoms with van der Waals surface area (Å²) >= 11 is 0. The van der Waals surface area contributed by atoms with E-state index in [-0.39, 0.29) is 10.9 Å². The molecule has 18 heavy (non-hydrogen) atoms. The first kappa shape index (κ1) is 12.6. The Morgan fingerprint density at radius 2 is 2.00 bits per heavy atom. The number of H-pyrrole nitrogens is 1. The van der Waals surface area contributed by atoms with E-state index in [1.54, 1.807) is 31.5 Å². The molecule has 7 heteroatoms. The van der Waals surface area contributed by atoms with Crippen LogP contribution in [0.4, 0.5) is 5.69 Å². The highest BCUT2D eigenvalue weighted by atomic mass is 32.2. The Kier molecular flexibility index (Phi) is 3.35. The smallest absolute Gasteiger partial charge is 0.241 e. The fourth-order valence-corrected chi connectivity index (χ4v) is 2.75. The number of sulfonamides is 1. The molecule has 1 unspecified atom stereocenters. The molecule has 6 nitrogen and oxygen atoms in total. The van der Waals surface area contributed by atoms with E-state index in [9.17, 15) is 8.42 Å². The molecule has 2 rings (SSSR count). The molecule has 96 valence electrons. The third kappa shape index (κ3) is 2.69. The van der Waals surface area contributed by atoms with Crippen molar-refractivity contribution in [1.29, 1.82) is 0 Å². The van der Waals surface area contributed by atoms with Crippen molar-refractivity contribution < 1.29 is 8.42 Å². The molecule has 2 aromatic rings. The third-order valence-corrected chi connectivity index (χ3v) is 4.10. The normalized spacial score (nSPS) is 13.4. The summed E-state index contributed by atoms with van der Waals surface area (Å²) in [4.78, 5) is 0.187. The van der Waals surface area contributed by atoms with E-state index in [4.69, 9.17) is 5.73 Å². The molecule has 0 fully saturated rings. The van der Waals surface area contributed by atoms with Gasteiger partial charge in [0.2, 0.25) is 10.0 Å². The minimum absolute atomic E-state index is 0.187. The number of hydrogen-bond acceptors (Lipinski definition) is 4. The van der Waals surface area contributed by atoms with Gasteiger partial charge < -0.3 is 5.73 Å². The summed E-state index contributed by atoms with van der Waals surface area (Å²) in [6, 6.07) is 5.69. The Morgan fingerprint density at radius 1 is 1.33 bits per heavy atom. The van der Waals surface area contributed by atoms with Crippen molar-refractivity contribution in [2.24, 2.45) is 0 Å². The number of nitrogens with one attached hydrogen (secondary N) is 2. The lowest BCUT2D eigenvalue weighted by Crippen LogP contribution is -2.26. The lowest BCUT2D eigenvalue weighted by Gasteiger charge is -2.12. The van der Waals surface area contributed by atoms with Gasteiger partial charge in [-0.3, -0.25) is 5.10 Å². The minimum atomic E-state index is -3.55. The Labute approximate surface area is 105 Å². The topological polar surface area (TPSA) is 101 Å². The highest BCUT2D eigenvalue weighted by Gasteiger charge is 2.18. The Balaban J connectivity index is 2.20. The highest BCUT2D eigenvalue weighted by Crippen LogP contribution is 2.16. The standard InChI is InChI=1S/C11H14N4O2S/c1-8(9-6-13-14-7-9)15-18(16,17)11-4-2-10(12)3-5-11/h2-8,15H,12H2,1H3,(H,13,14). The summed E-state index contributed by atoms with van der Waals surface area (Å²) in [5, 5.41) is 6.42. The second kappa shape index (κ2) is 4.79. The first-order valence-corrected chi connectivity index (χ1v) is 6.84. The van der Waals surface area contributed by atoms with E-state index in [1.807, 2.05) is 0 Å². The zero-order valence-electron chi connectivity index (χ0n) is 9.79. The van der Waals surface area contributed by atoms with E-state index in [0.717, 1.165) is 5.56 Å². The average molecular weight is 266 g/mol. The first-order valence-electron chi connectivity index (χ1n) is 5.35. The zero-order valence-corrected chi connectivity index (χ0v) is 10.6. The fourth-order valence-electron chi connectivity index (χ4n) is 1.51. The molecule has 0 amide bonds. The van der Waals surface area contributed by atoms with Crippen molar-refractivity contribution in [3.05, 3.63) is 42.2 Å². The predicted molar refractivity (Wildman–Crippen MR) is 68.2 cm³/mol. The van der Waals surface area contributed by atoms with Gasteiger partial charge in [0.1, 0.15) is 0 Å². The van der Waals surface area contributed by atoms with Crippen LogP contribution in [-0.4, -0.2) is 18.6 Å². The number of nitrogens with zero attached hydrogens (tertiary/aromatic N) is 1. The number of benzene rings is 1. The van der Waals surface area contributed by atoms with Gasteiger partial charge in [-0.15, -0.1) is 0 Å². The van der Waals surface area contributed by atoms with Crippen LogP contribution in [-0.2, 0) is 10.0 Å². The van der Waals surface area contributed by atoms with Crippen LogP contribution >= 0.6 is 0 Å². The van der Waals surface area contributed by atoms with Gasteiger partial charge in [0.15, 0.2) is 0 Å². The summed E-state index contributed by atoms with van der Waals surface area (Å²) in [6.07, 6.45) is 3.23. The van der Waals surface area contributed by atoms with Crippen LogP contribution in [0.15, 0.2) is 41.6 Å². The average Bonchev–Trinajstić information content (AvgIpc) is 2.82. The number of nitrogens with two attached hydrogens (primary N) is 1. The molecule has 1 heterocycles. The summed E-state index contributed by atoms with van der Waals surface area (Å²) in [5.74, 6) is 0. The lowest BCUT2D eigenvalue weighted by atomic mass is 10.2. The number of aromatic nitrogens is 2. The molecular formula is C11H14N4O2S. The van der Waals surface area contributed by atoms with Crippen LogP contribution in [0.1, 0.15) is 18.5 Å². The van der Waals surface area contributed by atoms with Crippen LogP contribution in [0.2, 0.25) is 0 Å². The van der Waals surface area contributed by atoms with Crippen LogP contribution in [0.5, 0.6) is 0 Å². The van der Waals surface area contributed by atoms with Gasteiger partial charge in [-0.25, -0.2) is 13.1 Å². The molecule has 0 radical (unpaired) electrons. The fraction of sp³-hybridized carbons (Fsp3) is 0.182. The second-order valence-corrected chi connectivity index (χ2v) is 5.66. The maximum Gasteiger partial charge on any atom is 0.241 e. The summed E-state index contributed by atoms with van der Waals surface area (Å²) in [5.41, 5.74) is 6.82. The molecule has 0 bridgehead atoms. The third-order valence-electron chi connectivity index (χ3n) is 2.54. The molecule has 0 aliphatic heterocycles. The van der Waals surface area contributed by atoms with E-state index < -0.39 is 10.0 Å². The second-order valence-electron chi connectivity index (χ2n) is 3.94. The molecular weight excluding hydrogens is 252 g/mol. The van der Waals surface area contributed by atoms with Crippen LogP contribution in [0.3, 0.4) is 0 Å². The highest BCUT2D eigenvalue weighted by molar-refractivity contribution is 7.89. The van der Waals surface area contributed by atoms with Gasteiger partial charge >= 0.3 is 0 Å². The summed E-state index contributed by atoms with van der Waals surface area (Å²) in [7, 11) is -3.55. The van der Waals surface area contributed by atoms with E-state index in [2.05, 4.69) is 14.9 Å². The van der Waals surface area contributed by atoms with Gasteiger partial charge in [-0.05, 0) is 31.2 Å². The Morgan fingerprint density at radius 3 is 2.56 bits per heavy atom. The molecule has 0 aliphatic carbocycles. The SMILES string of the molecule is CC(NS(=O)(=O)c1ccc(N)cc1)c1cn[nH]c1. The number of hydrogen-bond donors (Lipinski definition) is 3. The van der Waals surface area contributed by atoms with Crippen molar-refractivity contribution in [3.63, 3.8) is 0 Å². The summed E-state index contributed by atoms with van der Waals surface area (Å²) < 4.78 is 26.7. The van der Waals surface area contributed by atoms with Gasteiger partial charge in [0, 0.05) is 23.5 Å². The van der Waals surface area contributed by atoms with Gasteiger partial charge in [-0.2, -0.15) is 5.10 Å². The number of anilines is 1. The Bertz CT molecular complexity index is 605. The lowest BCUT2D eigenvalue weighted by molar-refractivity contribution is 0.567. The molecule has 0 saturated heterocycles. The van der Waals surface area contributed by atoms with Gasteiger partial charge in [0.05, 0.1) is 11.1 Å². The molecule has 4 N–H and O–H groups in total. The van der Waals surface area contributed by atoms with E-state index >= 15 is 0 Å². The van der Waals surface area contributed by atoms with Crippen molar-refractivity contribution in [2.45, 2.75) is 17.9 Å². The number of nitrogen functional groups attached to an aromatic ring is 1. The van der Waals surface area contributed by atoms with Crippen molar-refractivity contribution >= 4 is 15.7 Å². The minimum Gasteiger partial charge on any atom is -0.399 e. The molecule has 0 aliphatic rings. The number of rotatable bonds is 4. The van der Waals surface area contributed by atoms with Gasteiger partial charge in [-0.1, -0.05) is 0 Å². The van der Waals surface area contributed by atoms with E-state index in [0.29, 0.717) is 5.69 Å².